The number of fused-ring (bicyclic) bond motifs is 2. The van der Waals surface area contributed by atoms with Crippen molar-refractivity contribution in [3.8, 4) is 0 Å². The first-order valence-corrected chi connectivity index (χ1v) is 9.50. The predicted octanol–water partition coefficient (Wildman–Crippen LogP) is 2.91. The van der Waals surface area contributed by atoms with Gasteiger partial charge in [-0.3, -0.25) is 14.4 Å². The summed E-state index contributed by atoms with van der Waals surface area (Å²) < 4.78 is 5.17. The number of esters is 1. The molecule has 6 atom stereocenters. The van der Waals surface area contributed by atoms with Crippen LogP contribution >= 0.6 is 31.9 Å². The SMILES string of the molecule is O=C(COC(=O)C1C2CC(C(Br)C2Br)C1C(=O)O)c1ccccc1. The third-order valence-electron chi connectivity index (χ3n) is 4.97. The van der Waals surface area contributed by atoms with E-state index in [4.69, 9.17) is 4.74 Å². The van der Waals surface area contributed by atoms with Gasteiger partial charge in [0.25, 0.3) is 0 Å². The second kappa shape index (κ2) is 6.96. The number of carbonyl (C=O) groups excluding carboxylic acids is 2. The number of hydrogen-bond acceptors (Lipinski definition) is 4. The van der Waals surface area contributed by atoms with Crippen LogP contribution in [-0.2, 0) is 14.3 Å². The van der Waals surface area contributed by atoms with Gasteiger partial charge in [0.15, 0.2) is 12.4 Å². The van der Waals surface area contributed by atoms with E-state index in [0.717, 1.165) is 0 Å². The normalized spacial score (nSPS) is 34.1. The maximum absolute atomic E-state index is 12.5. The zero-order valence-corrected chi connectivity index (χ0v) is 15.8. The zero-order chi connectivity index (χ0) is 17.4. The summed E-state index contributed by atoms with van der Waals surface area (Å²) in [6.45, 7) is -0.367. The Morgan fingerprint density at radius 1 is 1.04 bits per heavy atom. The molecular formula is C17H16Br2O5. The molecule has 1 N–H and O–H groups in total. The number of hydrogen-bond donors (Lipinski definition) is 1. The Labute approximate surface area is 156 Å². The average molecular weight is 460 g/mol. The van der Waals surface area contributed by atoms with Crippen molar-refractivity contribution in [2.24, 2.45) is 23.7 Å². The quantitative estimate of drug-likeness (QED) is 0.416. The Bertz CT molecular complexity index is 662. The van der Waals surface area contributed by atoms with E-state index in [-0.39, 0.29) is 33.9 Å². The minimum Gasteiger partial charge on any atom is -0.481 e. The lowest BCUT2D eigenvalue weighted by molar-refractivity contribution is -0.159. The standard InChI is InChI=1S/C17H16Br2O5/c18-14-9-6-10(15(14)19)13(12(9)16(21)22)17(23)24-7-11(20)8-4-2-1-3-5-8/h1-5,9-10,12-15H,6-7H2,(H,21,22). The molecule has 6 unspecified atom stereocenters. The number of ketones is 1. The number of halogens is 2. The van der Waals surface area contributed by atoms with Gasteiger partial charge in [-0.05, 0) is 18.3 Å². The van der Waals surface area contributed by atoms with Gasteiger partial charge in [0.1, 0.15) is 0 Å². The Hall–Kier alpha value is -1.21. The molecular weight excluding hydrogens is 444 g/mol. The summed E-state index contributed by atoms with van der Waals surface area (Å²) in [5.74, 6) is -3.57. The first-order valence-electron chi connectivity index (χ1n) is 7.67. The molecule has 0 radical (unpaired) electrons. The fraction of sp³-hybridized carbons (Fsp3) is 0.471. The molecule has 2 fully saturated rings. The molecule has 0 spiro atoms. The van der Waals surface area contributed by atoms with Crippen molar-refractivity contribution in [1.82, 2.24) is 0 Å². The van der Waals surface area contributed by atoms with Gasteiger partial charge in [0.05, 0.1) is 11.8 Å². The molecule has 2 aliphatic rings. The van der Waals surface area contributed by atoms with Gasteiger partial charge in [-0.1, -0.05) is 62.2 Å². The van der Waals surface area contributed by atoms with E-state index in [9.17, 15) is 19.5 Å². The second-order valence-electron chi connectivity index (χ2n) is 6.24. The highest BCUT2D eigenvalue weighted by molar-refractivity contribution is 9.12. The van der Waals surface area contributed by atoms with Crippen LogP contribution in [0, 0.1) is 23.7 Å². The Balaban J connectivity index is 1.68. The van der Waals surface area contributed by atoms with Gasteiger partial charge >= 0.3 is 11.9 Å². The van der Waals surface area contributed by atoms with E-state index in [2.05, 4.69) is 31.9 Å². The molecule has 0 heterocycles. The fourth-order valence-corrected chi connectivity index (χ4v) is 5.74. The van der Waals surface area contributed by atoms with Crippen LogP contribution in [0.3, 0.4) is 0 Å². The van der Waals surface area contributed by atoms with Crippen LogP contribution in [0.1, 0.15) is 16.8 Å². The number of Topliss-reactive ketones (excluding diaryl/α,β-unsaturated/α-hetero) is 1. The summed E-state index contributed by atoms with van der Waals surface area (Å²) in [6, 6.07) is 8.56. The number of alkyl halides is 2. The third kappa shape index (κ3) is 3.04. The van der Waals surface area contributed by atoms with E-state index in [1.165, 1.54) is 0 Å². The summed E-state index contributed by atoms with van der Waals surface area (Å²) in [6.07, 6.45) is 0.662. The molecule has 0 aliphatic heterocycles. The maximum Gasteiger partial charge on any atom is 0.310 e. The first kappa shape index (κ1) is 17.6. The Morgan fingerprint density at radius 2 is 1.62 bits per heavy atom. The summed E-state index contributed by atoms with van der Waals surface area (Å²) in [4.78, 5) is 36.2. The molecule has 0 amide bonds. The van der Waals surface area contributed by atoms with Gasteiger partial charge in [-0.25, -0.2) is 0 Å². The minimum atomic E-state index is -0.984. The van der Waals surface area contributed by atoms with E-state index in [1.807, 2.05) is 0 Å². The van der Waals surface area contributed by atoms with E-state index in [0.29, 0.717) is 12.0 Å². The van der Waals surface area contributed by atoms with Crippen LogP contribution in [0.4, 0.5) is 0 Å². The fourth-order valence-electron chi connectivity index (χ4n) is 3.87. The van der Waals surface area contributed by atoms with Gasteiger partial charge in [-0.2, -0.15) is 0 Å². The van der Waals surface area contributed by atoms with Gasteiger partial charge < -0.3 is 9.84 Å². The number of carbonyl (C=O) groups is 3. The molecule has 2 aliphatic carbocycles. The highest BCUT2D eigenvalue weighted by atomic mass is 79.9. The zero-order valence-electron chi connectivity index (χ0n) is 12.6. The van der Waals surface area contributed by atoms with Crippen molar-refractivity contribution < 1.29 is 24.2 Å². The largest absolute Gasteiger partial charge is 0.481 e. The van der Waals surface area contributed by atoms with Crippen LogP contribution in [0.2, 0.25) is 0 Å². The third-order valence-corrected chi connectivity index (χ3v) is 8.18. The highest BCUT2D eigenvalue weighted by Gasteiger charge is 2.62. The van der Waals surface area contributed by atoms with E-state index < -0.39 is 23.8 Å². The molecule has 1 aromatic carbocycles. The minimum absolute atomic E-state index is 0.0265. The molecule has 5 nitrogen and oxygen atoms in total. The Morgan fingerprint density at radius 3 is 2.21 bits per heavy atom. The molecule has 3 rings (SSSR count). The monoisotopic (exact) mass is 458 g/mol. The molecule has 128 valence electrons. The van der Waals surface area contributed by atoms with Gasteiger partial charge in [0.2, 0.25) is 0 Å². The number of carboxylic acid groups (broad SMARTS) is 1. The van der Waals surface area contributed by atoms with Crippen LogP contribution in [0.25, 0.3) is 0 Å². The van der Waals surface area contributed by atoms with Crippen LogP contribution in [0.15, 0.2) is 30.3 Å². The number of ether oxygens (including phenoxy) is 1. The van der Waals surface area contributed by atoms with Gasteiger partial charge in [0, 0.05) is 15.2 Å². The molecule has 0 saturated heterocycles. The lowest BCUT2D eigenvalue weighted by Gasteiger charge is -2.32. The second-order valence-corrected chi connectivity index (χ2v) is 8.35. The molecule has 2 saturated carbocycles. The molecule has 24 heavy (non-hydrogen) atoms. The van der Waals surface area contributed by atoms with Crippen molar-refractivity contribution >= 4 is 49.6 Å². The molecule has 2 bridgehead atoms. The van der Waals surface area contributed by atoms with Crippen molar-refractivity contribution in [2.75, 3.05) is 6.61 Å². The smallest absolute Gasteiger partial charge is 0.310 e. The lowest BCUT2D eigenvalue weighted by atomic mass is 9.79. The summed E-state index contributed by atoms with van der Waals surface area (Å²) in [5.41, 5.74) is 0.465. The van der Waals surface area contributed by atoms with Crippen molar-refractivity contribution in [1.29, 1.82) is 0 Å². The molecule has 0 aromatic heterocycles. The summed E-state index contributed by atoms with van der Waals surface area (Å²) >= 11 is 7.07. The van der Waals surface area contributed by atoms with Crippen LogP contribution in [-0.4, -0.2) is 39.1 Å². The van der Waals surface area contributed by atoms with Crippen LogP contribution in [0.5, 0.6) is 0 Å². The lowest BCUT2D eigenvalue weighted by Crippen LogP contribution is -2.44. The molecule has 1 aromatic rings. The van der Waals surface area contributed by atoms with E-state index in [1.54, 1.807) is 30.3 Å². The summed E-state index contributed by atoms with van der Waals surface area (Å²) in [7, 11) is 0. The van der Waals surface area contributed by atoms with Crippen molar-refractivity contribution in [3.63, 3.8) is 0 Å². The first-order chi connectivity index (χ1) is 11.4. The van der Waals surface area contributed by atoms with Crippen molar-refractivity contribution in [2.45, 2.75) is 16.1 Å². The van der Waals surface area contributed by atoms with Crippen LogP contribution < -0.4 is 0 Å². The highest BCUT2D eigenvalue weighted by Crippen LogP contribution is 2.57. The Kier molecular flexibility index (Phi) is 5.11. The number of aliphatic carboxylic acids is 1. The average Bonchev–Trinajstić information content (AvgIpc) is 3.10. The summed E-state index contributed by atoms with van der Waals surface area (Å²) in [5, 5.41) is 9.50. The molecule has 7 heteroatoms. The number of rotatable bonds is 5. The van der Waals surface area contributed by atoms with Gasteiger partial charge in [-0.15, -0.1) is 0 Å². The van der Waals surface area contributed by atoms with E-state index >= 15 is 0 Å². The maximum atomic E-state index is 12.5. The number of benzene rings is 1. The van der Waals surface area contributed by atoms with Crippen molar-refractivity contribution in [3.05, 3.63) is 35.9 Å². The number of carboxylic acids is 1. The predicted molar refractivity (Wildman–Crippen MR) is 93.4 cm³/mol. The topological polar surface area (TPSA) is 80.7 Å².